The van der Waals surface area contributed by atoms with Gasteiger partial charge in [-0.3, -0.25) is 0 Å². The molecule has 8 heteroatoms. The summed E-state index contributed by atoms with van der Waals surface area (Å²) in [7, 11) is -3.33. The Morgan fingerprint density at radius 3 is 2.50 bits per heavy atom. The van der Waals surface area contributed by atoms with Gasteiger partial charge in [-0.15, -0.1) is 22.7 Å². The van der Waals surface area contributed by atoms with E-state index in [0.29, 0.717) is 17.3 Å². The van der Waals surface area contributed by atoms with Crippen LogP contribution in [0.15, 0.2) is 37.6 Å². The van der Waals surface area contributed by atoms with Gasteiger partial charge in [0.25, 0.3) is 10.0 Å². The van der Waals surface area contributed by atoms with Crippen LogP contribution in [0.4, 0.5) is 0 Å². The van der Waals surface area contributed by atoms with Gasteiger partial charge in [0, 0.05) is 37.6 Å². The minimum atomic E-state index is -3.33. The fourth-order valence-corrected chi connectivity index (χ4v) is 6.76. The van der Waals surface area contributed by atoms with Gasteiger partial charge in [0.1, 0.15) is 4.21 Å². The van der Waals surface area contributed by atoms with E-state index in [4.69, 9.17) is 0 Å². The van der Waals surface area contributed by atoms with Gasteiger partial charge in [0.15, 0.2) is 0 Å². The van der Waals surface area contributed by atoms with Crippen molar-refractivity contribution in [3.8, 4) is 0 Å². The molecule has 120 valence electrons. The zero-order valence-electron chi connectivity index (χ0n) is 11.9. The van der Waals surface area contributed by atoms with Gasteiger partial charge in [-0.25, -0.2) is 8.42 Å². The molecule has 1 fully saturated rings. The van der Waals surface area contributed by atoms with Crippen molar-refractivity contribution in [1.29, 1.82) is 0 Å². The first kappa shape index (κ1) is 16.6. The molecule has 1 saturated heterocycles. The monoisotopic (exact) mass is 420 g/mol. The van der Waals surface area contributed by atoms with Crippen LogP contribution in [-0.4, -0.2) is 50.3 Å². The quantitative estimate of drug-likeness (QED) is 0.745. The van der Waals surface area contributed by atoms with Crippen molar-refractivity contribution in [1.82, 2.24) is 9.21 Å². The van der Waals surface area contributed by atoms with Crippen molar-refractivity contribution in [3.63, 3.8) is 0 Å². The Morgan fingerprint density at radius 2 is 1.91 bits per heavy atom. The number of thiophene rings is 2. The summed E-state index contributed by atoms with van der Waals surface area (Å²) in [6.07, 6.45) is 1.04. The molecule has 3 rings (SSSR count). The number of rotatable bonds is 5. The molecule has 0 atom stereocenters. The fraction of sp³-hybridized carbons (Fsp3) is 0.429. The van der Waals surface area contributed by atoms with Crippen LogP contribution < -0.4 is 0 Å². The highest BCUT2D eigenvalue weighted by molar-refractivity contribution is 9.11. The van der Waals surface area contributed by atoms with Crippen molar-refractivity contribution in [2.75, 3.05) is 32.7 Å². The highest BCUT2D eigenvalue weighted by atomic mass is 79.9. The Labute approximate surface area is 147 Å². The molecule has 0 aromatic carbocycles. The average Bonchev–Trinajstić information content (AvgIpc) is 3.17. The normalized spacial score (nSPS) is 17.9. The van der Waals surface area contributed by atoms with Gasteiger partial charge < -0.3 is 4.90 Å². The van der Waals surface area contributed by atoms with Crippen molar-refractivity contribution in [2.45, 2.75) is 10.6 Å². The lowest BCUT2D eigenvalue weighted by Crippen LogP contribution is -2.48. The molecule has 0 unspecified atom stereocenters. The lowest BCUT2D eigenvalue weighted by Gasteiger charge is -2.33. The van der Waals surface area contributed by atoms with Crippen LogP contribution in [0, 0.1) is 0 Å². The molecule has 2 aromatic rings. The molecule has 0 saturated carbocycles. The van der Waals surface area contributed by atoms with Crippen LogP contribution >= 0.6 is 38.6 Å². The molecule has 0 bridgehead atoms. The third-order valence-electron chi connectivity index (χ3n) is 3.73. The predicted molar refractivity (Wildman–Crippen MR) is 95.2 cm³/mol. The van der Waals surface area contributed by atoms with E-state index < -0.39 is 10.0 Å². The van der Waals surface area contributed by atoms with E-state index >= 15 is 0 Å². The third kappa shape index (κ3) is 3.80. The molecule has 3 heterocycles. The molecule has 0 radical (unpaired) electrons. The van der Waals surface area contributed by atoms with Crippen LogP contribution in [0.5, 0.6) is 0 Å². The number of nitrogens with zero attached hydrogens (tertiary/aromatic N) is 2. The van der Waals surface area contributed by atoms with Gasteiger partial charge in [0.2, 0.25) is 0 Å². The Bertz CT molecular complexity index is 704. The molecule has 1 aliphatic heterocycles. The van der Waals surface area contributed by atoms with Crippen LogP contribution in [0.25, 0.3) is 0 Å². The summed E-state index contributed by atoms with van der Waals surface area (Å²) < 4.78 is 28.0. The summed E-state index contributed by atoms with van der Waals surface area (Å²) in [6.45, 7) is 3.75. The van der Waals surface area contributed by atoms with Gasteiger partial charge in [-0.1, -0.05) is 6.07 Å². The van der Waals surface area contributed by atoms with Gasteiger partial charge in [0.05, 0.1) is 3.79 Å². The Balaban J connectivity index is 1.55. The fourth-order valence-electron chi connectivity index (χ4n) is 2.48. The summed E-state index contributed by atoms with van der Waals surface area (Å²) in [5.41, 5.74) is 0. The smallest absolute Gasteiger partial charge is 0.252 e. The predicted octanol–water partition coefficient (Wildman–Crippen LogP) is 3.12. The minimum absolute atomic E-state index is 0.423. The maximum Gasteiger partial charge on any atom is 0.252 e. The number of hydrogen-bond donors (Lipinski definition) is 0. The summed E-state index contributed by atoms with van der Waals surface area (Å²) >= 11 is 6.38. The highest BCUT2D eigenvalue weighted by Gasteiger charge is 2.29. The van der Waals surface area contributed by atoms with Crippen molar-refractivity contribution in [2.24, 2.45) is 0 Å². The van der Waals surface area contributed by atoms with E-state index in [1.54, 1.807) is 27.8 Å². The molecule has 2 aromatic heterocycles. The lowest BCUT2D eigenvalue weighted by molar-refractivity contribution is 0.190. The first-order valence-electron chi connectivity index (χ1n) is 7.06. The molecular weight excluding hydrogens is 404 g/mol. The minimum Gasteiger partial charge on any atom is -0.300 e. The summed E-state index contributed by atoms with van der Waals surface area (Å²) in [5, 5.41) is 2.10. The van der Waals surface area contributed by atoms with Crippen LogP contribution in [-0.2, 0) is 16.4 Å². The molecule has 4 nitrogen and oxygen atoms in total. The summed E-state index contributed by atoms with van der Waals surface area (Å²) in [5.74, 6) is 0. The maximum absolute atomic E-state index is 12.6. The second kappa shape index (κ2) is 7.11. The zero-order chi connectivity index (χ0) is 15.6. The SMILES string of the molecule is O=S(=O)(c1ccc(Br)s1)N1CCN(CCc2cccs2)CC1. The molecule has 0 N–H and O–H groups in total. The molecule has 22 heavy (non-hydrogen) atoms. The molecule has 0 amide bonds. The van der Waals surface area contributed by atoms with Gasteiger partial charge in [-0.05, 0) is 45.9 Å². The van der Waals surface area contributed by atoms with Crippen LogP contribution in [0.1, 0.15) is 4.88 Å². The van der Waals surface area contributed by atoms with Crippen molar-refractivity contribution < 1.29 is 8.42 Å². The number of halogens is 1. The first-order chi connectivity index (χ1) is 10.6. The Morgan fingerprint density at radius 1 is 1.14 bits per heavy atom. The molecule has 1 aliphatic rings. The Hall–Kier alpha value is -0.250. The second-order valence-corrected chi connectivity index (χ2v) is 10.8. The van der Waals surface area contributed by atoms with E-state index in [1.807, 2.05) is 0 Å². The molecular formula is C14H17BrN2O2S3. The number of piperazine rings is 1. The zero-order valence-corrected chi connectivity index (χ0v) is 16.0. The highest BCUT2D eigenvalue weighted by Crippen LogP contribution is 2.28. The number of sulfonamides is 1. The largest absolute Gasteiger partial charge is 0.300 e. The van der Waals surface area contributed by atoms with E-state index in [9.17, 15) is 8.42 Å². The third-order valence-corrected chi connectivity index (χ3v) is 8.65. The van der Waals surface area contributed by atoms with Crippen molar-refractivity contribution in [3.05, 3.63) is 38.3 Å². The first-order valence-corrected chi connectivity index (χ1v) is 11.0. The van der Waals surface area contributed by atoms with Crippen LogP contribution in [0.3, 0.4) is 0 Å². The van der Waals surface area contributed by atoms with Crippen molar-refractivity contribution >= 4 is 48.6 Å². The summed E-state index contributed by atoms with van der Waals surface area (Å²) in [4.78, 5) is 3.73. The number of hydrogen-bond acceptors (Lipinski definition) is 5. The average molecular weight is 421 g/mol. The molecule has 0 aliphatic carbocycles. The lowest BCUT2D eigenvalue weighted by atomic mass is 10.3. The standard InChI is InChI=1S/C14H17BrN2O2S3/c15-13-3-4-14(21-13)22(18,19)17-9-7-16(8-10-17)6-5-12-2-1-11-20-12/h1-4,11H,5-10H2. The van der Waals surface area contributed by atoms with Gasteiger partial charge >= 0.3 is 0 Å². The summed E-state index contributed by atoms with van der Waals surface area (Å²) in [6, 6.07) is 7.69. The van der Waals surface area contributed by atoms with Gasteiger partial charge in [-0.2, -0.15) is 4.31 Å². The maximum atomic E-state index is 12.6. The van der Waals surface area contributed by atoms with E-state index in [2.05, 4.69) is 38.3 Å². The van der Waals surface area contributed by atoms with Crippen LogP contribution in [0.2, 0.25) is 0 Å². The topological polar surface area (TPSA) is 40.6 Å². The van der Waals surface area contributed by atoms with E-state index in [0.717, 1.165) is 29.8 Å². The Kier molecular flexibility index (Phi) is 5.36. The van der Waals surface area contributed by atoms with E-state index in [-0.39, 0.29) is 0 Å². The second-order valence-electron chi connectivity index (χ2n) is 5.13. The van der Waals surface area contributed by atoms with E-state index in [1.165, 1.54) is 16.2 Å². The molecule has 0 spiro atoms.